The van der Waals surface area contributed by atoms with Gasteiger partial charge in [-0.15, -0.1) is 0 Å². The summed E-state index contributed by atoms with van der Waals surface area (Å²) in [6.07, 6.45) is 3.64. The zero-order valence-corrected chi connectivity index (χ0v) is 11.6. The van der Waals surface area contributed by atoms with Crippen molar-refractivity contribution in [3.63, 3.8) is 0 Å². The van der Waals surface area contributed by atoms with Crippen molar-refractivity contribution in [2.75, 3.05) is 11.9 Å². The molecule has 3 rings (SSSR count). The van der Waals surface area contributed by atoms with Crippen molar-refractivity contribution < 1.29 is 9.53 Å². The smallest absolute Gasteiger partial charge is 0.258 e. The molecule has 1 fully saturated rings. The number of hydrogen-bond acceptors (Lipinski definition) is 3. The number of aromatic nitrogens is 2. The molecule has 5 heteroatoms. The monoisotopic (exact) mass is 273 g/mol. The van der Waals surface area contributed by atoms with E-state index >= 15 is 0 Å². The molecule has 1 aliphatic carbocycles. The highest BCUT2D eigenvalue weighted by molar-refractivity contribution is 5.97. The summed E-state index contributed by atoms with van der Waals surface area (Å²) in [5, 5.41) is 2.87. The molecule has 20 heavy (non-hydrogen) atoms. The first-order chi connectivity index (χ1) is 9.73. The molecule has 0 radical (unpaired) electrons. The van der Waals surface area contributed by atoms with Gasteiger partial charge in [0.2, 0.25) is 5.95 Å². The third kappa shape index (κ3) is 2.29. The Kier molecular flexibility index (Phi) is 3.44. The van der Waals surface area contributed by atoms with E-state index in [1.807, 2.05) is 31.2 Å². The Morgan fingerprint density at radius 2 is 2.15 bits per heavy atom. The number of carbonyl (C=O) groups excluding carboxylic acids is 1. The predicted molar refractivity (Wildman–Crippen MR) is 77.5 cm³/mol. The van der Waals surface area contributed by atoms with Gasteiger partial charge >= 0.3 is 0 Å². The third-order valence-corrected chi connectivity index (χ3v) is 3.87. The van der Waals surface area contributed by atoms with Crippen molar-refractivity contribution in [3.05, 3.63) is 24.3 Å². The van der Waals surface area contributed by atoms with Gasteiger partial charge in [0, 0.05) is 6.61 Å². The number of fused-ring (bicyclic) bond motifs is 1. The van der Waals surface area contributed by atoms with Gasteiger partial charge in [0.1, 0.15) is 5.60 Å². The van der Waals surface area contributed by atoms with Crippen LogP contribution in [0.4, 0.5) is 5.95 Å². The molecule has 0 aliphatic heterocycles. The minimum atomic E-state index is -0.673. The van der Waals surface area contributed by atoms with Gasteiger partial charge < -0.3 is 9.72 Å². The molecule has 0 bridgehead atoms. The fourth-order valence-electron chi connectivity index (χ4n) is 2.89. The summed E-state index contributed by atoms with van der Waals surface area (Å²) in [7, 11) is 0. The summed E-state index contributed by atoms with van der Waals surface area (Å²) < 4.78 is 5.74. The van der Waals surface area contributed by atoms with Crippen LogP contribution < -0.4 is 5.32 Å². The predicted octanol–water partition coefficient (Wildman–Crippen LogP) is 2.85. The molecule has 0 spiro atoms. The largest absolute Gasteiger partial charge is 0.365 e. The van der Waals surface area contributed by atoms with Crippen molar-refractivity contribution in [2.45, 2.75) is 38.2 Å². The first-order valence-corrected chi connectivity index (χ1v) is 7.14. The van der Waals surface area contributed by atoms with Gasteiger partial charge in [-0.2, -0.15) is 0 Å². The number of nitrogens with one attached hydrogen (secondary N) is 2. The molecular formula is C15H19N3O2. The van der Waals surface area contributed by atoms with Crippen LogP contribution in [-0.4, -0.2) is 28.1 Å². The van der Waals surface area contributed by atoms with Crippen LogP contribution in [0, 0.1) is 0 Å². The SMILES string of the molecule is CCOC1(C(=O)Nc2nc3ccccc3[nH]2)CCCC1. The van der Waals surface area contributed by atoms with Crippen LogP contribution in [0.15, 0.2) is 24.3 Å². The summed E-state index contributed by atoms with van der Waals surface area (Å²) in [5.41, 5.74) is 1.09. The molecule has 1 saturated carbocycles. The van der Waals surface area contributed by atoms with Gasteiger partial charge in [0.05, 0.1) is 11.0 Å². The van der Waals surface area contributed by atoms with Gasteiger partial charge in [-0.1, -0.05) is 12.1 Å². The van der Waals surface area contributed by atoms with Crippen molar-refractivity contribution >= 4 is 22.9 Å². The number of imidazole rings is 1. The Morgan fingerprint density at radius 3 is 2.85 bits per heavy atom. The number of ether oxygens (including phenoxy) is 1. The molecule has 106 valence electrons. The summed E-state index contributed by atoms with van der Waals surface area (Å²) in [6, 6.07) is 7.71. The van der Waals surface area contributed by atoms with Crippen LogP contribution >= 0.6 is 0 Å². The molecule has 1 heterocycles. The molecule has 0 unspecified atom stereocenters. The maximum Gasteiger partial charge on any atom is 0.258 e. The Hall–Kier alpha value is -1.88. The number of amides is 1. The van der Waals surface area contributed by atoms with Gasteiger partial charge in [-0.3, -0.25) is 10.1 Å². The fraction of sp³-hybridized carbons (Fsp3) is 0.467. The van der Waals surface area contributed by atoms with Gasteiger partial charge in [0.25, 0.3) is 5.91 Å². The van der Waals surface area contributed by atoms with E-state index in [2.05, 4.69) is 15.3 Å². The van der Waals surface area contributed by atoms with Crippen LogP contribution in [0.1, 0.15) is 32.6 Å². The molecule has 1 aromatic carbocycles. The van der Waals surface area contributed by atoms with Crippen molar-refractivity contribution in [1.29, 1.82) is 0 Å². The number of benzene rings is 1. The number of H-pyrrole nitrogens is 1. The Balaban J connectivity index is 1.80. The number of carbonyl (C=O) groups is 1. The van der Waals surface area contributed by atoms with Gasteiger partial charge in [-0.25, -0.2) is 4.98 Å². The molecule has 1 aromatic heterocycles. The molecule has 5 nitrogen and oxygen atoms in total. The zero-order chi connectivity index (χ0) is 14.0. The quantitative estimate of drug-likeness (QED) is 0.900. The first-order valence-electron chi connectivity index (χ1n) is 7.14. The molecular weight excluding hydrogens is 254 g/mol. The summed E-state index contributed by atoms with van der Waals surface area (Å²) in [6.45, 7) is 2.47. The number of nitrogens with zero attached hydrogens (tertiary/aromatic N) is 1. The minimum absolute atomic E-state index is 0.0871. The Bertz CT molecular complexity index is 581. The normalized spacial score (nSPS) is 17.4. The Labute approximate surface area is 117 Å². The number of rotatable bonds is 4. The maximum atomic E-state index is 12.5. The zero-order valence-electron chi connectivity index (χ0n) is 11.6. The lowest BCUT2D eigenvalue weighted by molar-refractivity contribution is -0.140. The van der Waals surface area contributed by atoms with Crippen LogP contribution in [0.2, 0.25) is 0 Å². The average molecular weight is 273 g/mol. The van der Waals surface area contributed by atoms with Crippen molar-refractivity contribution in [3.8, 4) is 0 Å². The van der Waals surface area contributed by atoms with Crippen molar-refractivity contribution in [1.82, 2.24) is 9.97 Å². The highest BCUT2D eigenvalue weighted by atomic mass is 16.5. The van der Waals surface area contributed by atoms with Crippen LogP contribution in [0.3, 0.4) is 0 Å². The second kappa shape index (κ2) is 5.25. The van der Waals surface area contributed by atoms with E-state index in [4.69, 9.17) is 4.74 Å². The molecule has 2 aromatic rings. The standard InChI is InChI=1S/C15H19N3O2/c1-2-20-15(9-5-6-10-15)13(19)18-14-16-11-7-3-4-8-12(11)17-14/h3-4,7-8H,2,5-6,9-10H2,1H3,(H2,16,17,18,19). The lowest BCUT2D eigenvalue weighted by Gasteiger charge is -2.26. The highest BCUT2D eigenvalue weighted by Crippen LogP contribution is 2.34. The molecule has 0 saturated heterocycles. The summed E-state index contributed by atoms with van der Waals surface area (Å²) >= 11 is 0. The van der Waals surface area contributed by atoms with Crippen LogP contribution in [0.25, 0.3) is 11.0 Å². The second-order valence-corrected chi connectivity index (χ2v) is 5.19. The topological polar surface area (TPSA) is 67.0 Å². The number of aromatic amines is 1. The van der Waals surface area contributed by atoms with E-state index in [1.54, 1.807) is 0 Å². The van der Waals surface area contributed by atoms with E-state index in [9.17, 15) is 4.79 Å². The van der Waals surface area contributed by atoms with E-state index in [-0.39, 0.29) is 5.91 Å². The van der Waals surface area contributed by atoms with E-state index in [0.29, 0.717) is 12.6 Å². The van der Waals surface area contributed by atoms with E-state index < -0.39 is 5.60 Å². The maximum absolute atomic E-state index is 12.5. The van der Waals surface area contributed by atoms with E-state index in [1.165, 1.54) is 0 Å². The number of hydrogen-bond donors (Lipinski definition) is 2. The number of anilines is 1. The highest BCUT2D eigenvalue weighted by Gasteiger charge is 2.42. The second-order valence-electron chi connectivity index (χ2n) is 5.19. The number of para-hydroxylation sites is 2. The fourth-order valence-corrected chi connectivity index (χ4v) is 2.89. The van der Waals surface area contributed by atoms with Crippen LogP contribution in [0.5, 0.6) is 0 Å². The molecule has 1 amide bonds. The van der Waals surface area contributed by atoms with Crippen LogP contribution in [-0.2, 0) is 9.53 Å². The molecule has 1 aliphatic rings. The third-order valence-electron chi connectivity index (χ3n) is 3.87. The average Bonchev–Trinajstić information content (AvgIpc) is 3.05. The summed E-state index contributed by atoms with van der Waals surface area (Å²) in [5.74, 6) is 0.401. The van der Waals surface area contributed by atoms with Crippen molar-refractivity contribution in [2.24, 2.45) is 0 Å². The van der Waals surface area contributed by atoms with E-state index in [0.717, 1.165) is 36.7 Å². The minimum Gasteiger partial charge on any atom is -0.365 e. The lowest BCUT2D eigenvalue weighted by Crippen LogP contribution is -2.43. The van der Waals surface area contributed by atoms with Gasteiger partial charge in [-0.05, 0) is 44.7 Å². The van der Waals surface area contributed by atoms with Gasteiger partial charge in [0.15, 0.2) is 0 Å². The lowest BCUT2D eigenvalue weighted by atomic mass is 10.0. The first kappa shape index (κ1) is 13.1. The molecule has 0 atom stereocenters. The summed E-state index contributed by atoms with van der Waals surface area (Å²) in [4.78, 5) is 20.0. The Morgan fingerprint density at radius 1 is 1.40 bits per heavy atom. The molecule has 2 N–H and O–H groups in total.